The molecule has 0 saturated carbocycles. The van der Waals surface area contributed by atoms with E-state index in [1.54, 1.807) is 13.8 Å². The minimum atomic E-state index is -0.437. The molecule has 1 N–H and O–H groups in total. The highest BCUT2D eigenvalue weighted by atomic mass is 16.5. The molecule has 1 atom stereocenters. The number of carbonyl (C=O) groups is 3. The smallest absolute Gasteiger partial charge is 0.336 e. The highest BCUT2D eigenvalue weighted by Crippen LogP contribution is 2.37. The van der Waals surface area contributed by atoms with Gasteiger partial charge in [-0.15, -0.1) is 0 Å². The van der Waals surface area contributed by atoms with Gasteiger partial charge in [-0.25, -0.2) is 4.79 Å². The Labute approximate surface area is 173 Å². The van der Waals surface area contributed by atoms with Crippen molar-refractivity contribution in [3.63, 3.8) is 0 Å². The standard InChI is InChI=1S/C23H32N2O4/c1-6-29-23(28)22-17(5)25(14-20(26)24-12-11-15(2)3)21(27)13-19(22)18-9-7-16(4)8-10-18/h7-10,15,19H,6,11-14H2,1-5H3,(H,24,26). The maximum absolute atomic E-state index is 12.9. The number of ether oxygens (including phenoxy) is 1. The molecule has 2 amide bonds. The maximum Gasteiger partial charge on any atom is 0.336 e. The molecule has 1 aliphatic heterocycles. The molecule has 0 bridgehead atoms. The van der Waals surface area contributed by atoms with Crippen LogP contribution in [0.1, 0.15) is 57.6 Å². The van der Waals surface area contributed by atoms with Crippen molar-refractivity contribution in [2.45, 2.75) is 53.4 Å². The number of nitrogens with one attached hydrogen (secondary N) is 1. The molecule has 158 valence electrons. The average Bonchev–Trinajstić information content (AvgIpc) is 2.65. The van der Waals surface area contributed by atoms with Gasteiger partial charge in [-0.2, -0.15) is 0 Å². The molecule has 1 unspecified atom stereocenters. The number of benzene rings is 1. The lowest BCUT2D eigenvalue weighted by Crippen LogP contribution is -2.44. The molecule has 1 heterocycles. The molecule has 29 heavy (non-hydrogen) atoms. The molecule has 0 radical (unpaired) electrons. The first-order valence-corrected chi connectivity index (χ1v) is 10.3. The number of rotatable bonds is 8. The zero-order valence-electron chi connectivity index (χ0n) is 18.1. The number of carbonyl (C=O) groups excluding carboxylic acids is 3. The van der Waals surface area contributed by atoms with Gasteiger partial charge in [0, 0.05) is 24.6 Å². The highest BCUT2D eigenvalue weighted by molar-refractivity contribution is 5.97. The largest absolute Gasteiger partial charge is 0.463 e. The predicted octanol–water partition coefficient (Wildman–Crippen LogP) is 3.31. The predicted molar refractivity (Wildman–Crippen MR) is 112 cm³/mol. The van der Waals surface area contributed by atoms with Gasteiger partial charge in [0.25, 0.3) is 0 Å². The van der Waals surface area contributed by atoms with E-state index < -0.39 is 5.97 Å². The van der Waals surface area contributed by atoms with Gasteiger partial charge in [0.2, 0.25) is 11.8 Å². The molecule has 1 aromatic carbocycles. The highest BCUT2D eigenvalue weighted by Gasteiger charge is 2.37. The minimum Gasteiger partial charge on any atom is -0.463 e. The monoisotopic (exact) mass is 400 g/mol. The first-order valence-electron chi connectivity index (χ1n) is 10.3. The number of amides is 2. The number of aryl methyl sites for hydroxylation is 1. The summed E-state index contributed by atoms with van der Waals surface area (Å²) in [7, 11) is 0. The lowest BCUT2D eigenvalue weighted by atomic mass is 9.83. The number of nitrogens with zero attached hydrogens (tertiary/aromatic N) is 1. The van der Waals surface area contributed by atoms with Crippen LogP contribution in [-0.4, -0.2) is 42.4 Å². The van der Waals surface area contributed by atoms with Crippen LogP contribution < -0.4 is 5.32 Å². The number of esters is 1. The van der Waals surface area contributed by atoms with Crippen LogP contribution in [0.4, 0.5) is 0 Å². The molecule has 1 aromatic rings. The fraction of sp³-hybridized carbons (Fsp3) is 0.522. The van der Waals surface area contributed by atoms with E-state index in [4.69, 9.17) is 4.74 Å². The van der Waals surface area contributed by atoms with Crippen LogP contribution in [-0.2, 0) is 19.1 Å². The Morgan fingerprint density at radius 3 is 2.45 bits per heavy atom. The summed E-state index contributed by atoms with van der Waals surface area (Å²) in [6.07, 6.45) is 1.01. The van der Waals surface area contributed by atoms with E-state index in [1.807, 2.05) is 31.2 Å². The van der Waals surface area contributed by atoms with Gasteiger partial charge in [0.05, 0.1) is 12.2 Å². The molecule has 0 fully saturated rings. The molecule has 2 rings (SSSR count). The minimum absolute atomic E-state index is 0.0910. The van der Waals surface area contributed by atoms with Crippen molar-refractivity contribution in [2.24, 2.45) is 5.92 Å². The SMILES string of the molecule is CCOC(=O)C1=C(C)N(CC(=O)NCCC(C)C)C(=O)CC1c1ccc(C)cc1. The zero-order chi connectivity index (χ0) is 21.6. The van der Waals surface area contributed by atoms with Crippen LogP contribution in [0.3, 0.4) is 0 Å². The first-order chi connectivity index (χ1) is 13.7. The molecule has 0 aromatic heterocycles. The van der Waals surface area contributed by atoms with E-state index in [0.717, 1.165) is 17.5 Å². The third kappa shape index (κ3) is 5.92. The van der Waals surface area contributed by atoms with Crippen LogP contribution in [0.25, 0.3) is 0 Å². The topological polar surface area (TPSA) is 75.7 Å². The Morgan fingerprint density at radius 2 is 1.86 bits per heavy atom. The molecule has 0 spiro atoms. The number of allylic oxidation sites excluding steroid dienone is 1. The van der Waals surface area contributed by atoms with E-state index in [0.29, 0.717) is 23.7 Å². The van der Waals surface area contributed by atoms with Gasteiger partial charge in [0.15, 0.2) is 0 Å². The Kier molecular flexibility index (Phi) is 8.00. The van der Waals surface area contributed by atoms with E-state index >= 15 is 0 Å². The van der Waals surface area contributed by atoms with Gasteiger partial charge in [-0.05, 0) is 38.7 Å². The van der Waals surface area contributed by atoms with Gasteiger partial charge in [0.1, 0.15) is 6.54 Å². The Bertz CT molecular complexity index is 781. The average molecular weight is 401 g/mol. The van der Waals surface area contributed by atoms with Crippen LogP contribution in [0.2, 0.25) is 0 Å². The van der Waals surface area contributed by atoms with E-state index in [1.165, 1.54) is 4.90 Å². The second kappa shape index (κ2) is 10.2. The van der Waals surface area contributed by atoms with Crippen molar-refractivity contribution < 1.29 is 19.1 Å². The lowest BCUT2D eigenvalue weighted by Gasteiger charge is -2.34. The summed E-state index contributed by atoms with van der Waals surface area (Å²) >= 11 is 0. The van der Waals surface area contributed by atoms with Gasteiger partial charge in [-0.3, -0.25) is 9.59 Å². The number of hydrogen-bond donors (Lipinski definition) is 1. The van der Waals surface area contributed by atoms with Gasteiger partial charge < -0.3 is 15.0 Å². The third-order valence-electron chi connectivity index (χ3n) is 5.14. The summed E-state index contributed by atoms with van der Waals surface area (Å²) in [5.41, 5.74) is 2.94. The van der Waals surface area contributed by atoms with Crippen molar-refractivity contribution >= 4 is 17.8 Å². The molecule has 1 aliphatic rings. The molecule has 0 saturated heterocycles. The number of hydrogen-bond acceptors (Lipinski definition) is 4. The van der Waals surface area contributed by atoms with Crippen molar-refractivity contribution in [3.05, 3.63) is 46.7 Å². The van der Waals surface area contributed by atoms with Gasteiger partial charge >= 0.3 is 5.97 Å². The first kappa shape index (κ1) is 22.7. The summed E-state index contributed by atoms with van der Waals surface area (Å²) in [4.78, 5) is 39.3. The van der Waals surface area contributed by atoms with Crippen molar-refractivity contribution in [3.8, 4) is 0 Å². The second-order valence-corrected chi connectivity index (χ2v) is 7.90. The molecule has 0 aliphatic carbocycles. The third-order valence-corrected chi connectivity index (χ3v) is 5.14. The van der Waals surface area contributed by atoms with Crippen molar-refractivity contribution in [1.29, 1.82) is 0 Å². The Balaban J connectivity index is 2.29. The van der Waals surface area contributed by atoms with Crippen molar-refractivity contribution in [2.75, 3.05) is 19.7 Å². The molecule has 6 heteroatoms. The molecule has 6 nitrogen and oxygen atoms in total. The second-order valence-electron chi connectivity index (χ2n) is 7.90. The quantitative estimate of drug-likeness (QED) is 0.679. The lowest BCUT2D eigenvalue weighted by molar-refractivity contribution is -0.141. The van der Waals surface area contributed by atoms with Crippen LogP contribution in [0.15, 0.2) is 35.5 Å². The van der Waals surface area contributed by atoms with Crippen molar-refractivity contribution in [1.82, 2.24) is 10.2 Å². The zero-order valence-corrected chi connectivity index (χ0v) is 18.1. The molecular weight excluding hydrogens is 368 g/mol. The summed E-state index contributed by atoms with van der Waals surface area (Å²) in [6, 6.07) is 7.81. The van der Waals surface area contributed by atoms with E-state index in [-0.39, 0.29) is 37.3 Å². The summed E-state index contributed by atoms with van der Waals surface area (Å²) in [5.74, 6) is -0.717. The fourth-order valence-electron chi connectivity index (χ4n) is 3.46. The van der Waals surface area contributed by atoms with Gasteiger partial charge in [-0.1, -0.05) is 43.7 Å². The van der Waals surface area contributed by atoms with Crippen LogP contribution in [0.5, 0.6) is 0 Å². The summed E-state index contributed by atoms with van der Waals surface area (Å²) in [6.45, 7) is 10.4. The maximum atomic E-state index is 12.9. The van der Waals surface area contributed by atoms with Crippen LogP contribution in [0, 0.1) is 12.8 Å². The normalized spacial score (nSPS) is 17.0. The van der Waals surface area contributed by atoms with Crippen LogP contribution >= 0.6 is 0 Å². The Morgan fingerprint density at radius 1 is 1.21 bits per heavy atom. The van der Waals surface area contributed by atoms with E-state index in [2.05, 4.69) is 19.2 Å². The van der Waals surface area contributed by atoms with E-state index in [9.17, 15) is 14.4 Å². The summed E-state index contributed by atoms with van der Waals surface area (Å²) < 4.78 is 5.27. The molecular formula is C23H32N2O4. The fourth-order valence-corrected chi connectivity index (χ4v) is 3.46. The Hall–Kier alpha value is -2.63. The summed E-state index contributed by atoms with van der Waals surface area (Å²) in [5, 5.41) is 2.85.